The van der Waals surface area contributed by atoms with E-state index in [0.717, 1.165) is 28.0 Å². The summed E-state index contributed by atoms with van der Waals surface area (Å²) in [5.74, 6) is 1.91. The maximum atomic E-state index is 12.9. The summed E-state index contributed by atoms with van der Waals surface area (Å²) in [6, 6.07) is 17.7. The Morgan fingerprint density at radius 3 is 2.38 bits per heavy atom. The molecule has 1 aromatic heterocycles. The molecule has 1 heterocycles. The summed E-state index contributed by atoms with van der Waals surface area (Å²) in [4.78, 5) is 14.6. The maximum absolute atomic E-state index is 12.9. The molecule has 0 radical (unpaired) electrons. The zero-order valence-corrected chi connectivity index (χ0v) is 18.0. The zero-order valence-electron chi connectivity index (χ0n) is 17.2. The van der Waals surface area contributed by atoms with E-state index in [4.69, 9.17) is 4.74 Å². The highest BCUT2D eigenvalue weighted by Gasteiger charge is 2.20. The number of methoxy groups -OCH3 is 1. The first kappa shape index (κ1) is 20.9. The topological polar surface area (TPSA) is 60.2 Å². The van der Waals surface area contributed by atoms with Crippen molar-refractivity contribution in [3.63, 3.8) is 0 Å². The highest BCUT2D eigenvalue weighted by Crippen LogP contribution is 2.28. The molecule has 0 unspecified atom stereocenters. The van der Waals surface area contributed by atoms with Gasteiger partial charge in [-0.1, -0.05) is 42.1 Å². The quantitative estimate of drug-likeness (QED) is 0.505. The molecule has 3 rings (SSSR count). The molecule has 0 aliphatic rings. The largest absolute Gasteiger partial charge is 0.497 e. The van der Waals surface area contributed by atoms with Crippen molar-refractivity contribution in [2.45, 2.75) is 32.0 Å². The minimum Gasteiger partial charge on any atom is -0.497 e. The number of nitrogens with zero attached hydrogens (tertiary/aromatic N) is 4. The molecule has 0 aliphatic heterocycles. The Bertz CT molecular complexity index is 939. The predicted molar refractivity (Wildman–Crippen MR) is 118 cm³/mol. The van der Waals surface area contributed by atoms with E-state index < -0.39 is 0 Å². The molecule has 6 nitrogen and oxygen atoms in total. The van der Waals surface area contributed by atoms with Gasteiger partial charge in [-0.3, -0.25) is 9.36 Å². The van der Waals surface area contributed by atoms with Gasteiger partial charge in [0, 0.05) is 23.8 Å². The number of benzene rings is 2. The molecular formula is C22H26N4O2S. The van der Waals surface area contributed by atoms with Gasteiger partial charge in [0.1, 0.15) is 5.75 Å². The van der Waals surface area contributed by atoms with Crippen LogP contribution >= 0.6 is 11.8 Å². The second kappa shape index (κ2) is 9.60. The molecule has 0 saturated carbocycles. The minimum atomic E-state index is 0.0298. The van der Waals surface area contributed by atoms with Crippen LogP contribution in [0.15, 0.2) is 59.8 Å². The van der Waals surface area contributed by atoms with E-state index >= 15 is 0 Å². The molecule has 0 saturated heterocycles. The lowest BCUT2D eigenvalue weighted by molar-refractivity contribution is -0.116. The Morgan fingerprint density at radius 2 is 1.79 bits per heavy atom. The third kappa shape index (κ3) is 4.79. The van der Waals surface area contributed by atoms with Crippen LogP contribution in [-0.4, -0.2) is 40.1 Å². The summed E-state index contributed by atoms with van der Waals surface area (Å²) in [7, 11) is 1.63. The lowest BCUT2D eigenvalue weighted by Crippen LogP contribution is -2.32. The van der Waals surface area contributed by atoms with Crippen molar-refractivity contribution in [2.75, 3.05) is 24.3 Å². The van der Waals surface area contributed by atoms with E-state index in [9.17, 15) is 4.79 Å². The summed E-state index contributed by atoms with van der Waals surface area (Å²) in [5.41, 5.74) is 1.87. The number of carbonyl (C=O) groups is 1. The molecule has 0 spiro atoms. The van der Waals surface area contributed by atoms with Gasteiger partial charge in [-0.25, -0.2) is 0 Å². The number of anilines is 1. The lowest BCUT2D eigenvalue weighted by Gasteiger charge is -2.21. The normalized spacial score (nSPS) is 10.9. The van der Waals surface area contributed by atoms with E-state index in [0.29, 0.717) is 12.3 Å². The summed E-state index contributed by atoms with van der Waals surface area (Å²) < 4.78 is 7.28. The van der Waals surface area contributed by atoms with E-state index in [1.807, 2.05) is 61.5 Å². The zero-order chi connectivity index (χ0) is 20.8. The van der Waals surface area contributed by atoms with Crippen LogP contribution in [0.1, 0.15) is 26.8 Å². The Balaban J connectivity index is 1.76. The minimum absolute atomic E-state index is 0.0298. The molecule has 29 heavy (non-hydrogen) atoms. The van der Waals surface area contributed by atoms with Crippen LogP contribution in [0.25, 0.3) is 11.4 Å². The molecule has 7 heteroatoms. The van der Waals surface area contributed by atoms with Gasteiger partial charge in [0.05, 0.1) is 12.9 Å². The van der Waals surface area contributed by atoms with Crippen molar-refractivity contribution in [2.24, 2.45) is 0 Å². The van der Waals surface area contributed by atoms with Gasteiger partial charge >= 0.3 is 0 Å². The molecule has 3 aromatic rings. The first-order valence-electron chi connectivity index (χ1n) is 9.62. The fourth-order valence-electron chi connectivity index (χ4n) is 3.09. The van der Waals surface area contributed by atoms with Crippen LogP contribution < -0.4 is 9.64 Å². The average Bonchev–Trinajstić information content (AvgIpc) is 3.18. The lowest BCUT2D eigenvalue weighted by atomic mass is 10.2. The monoisotopic (exact) mass is 410 g/mol. The first-order valence-corrected chi connectivity index (χ1v) is 10.6. The Hall–Kier alpha value is -2.80. The van der Waals surface area contributed by atoms with E-state index in [1.54, 1.807) is 12.0 Å². The van der Waals surface area contributed by atoms with Crippen molar-refractivity contribution < 1.29 is 9.53 Å². The van der Waals surface area contributed by atoms with Crippen molar-refractivity contribution in [3.8, 4) is 17.1 Å². The smallest absolute Gasteiger partial charge is 0.237 e. The van der Waals surface area contributed by atoms with Crippen LogP contribution in [0.2, 0.25) is 0 Å². The van der Waals surface area contributed by atoms with Gasteiger partial charge in [0.15, 0.2) is 11.0 Å². The third-order valence-electron chi connectivity index (χ3n) is 4.54. The first-order chi connectivity index (χ1) is 14.0. The SMILES string of the molecule is CCN(C(=O)CSc1nnc(-c2ccccc2)n1C(C)C)c1ccc(OC)cc1. The second-order valence-corrected chi connectivity index (χ2v) is 7.70. The molecule has 0 bridgehead atoms. The highest BCUT2D eigenvalue weighted by atomic mass is 32.2. The fraction of sp³-hybridized carbons (Fsp3) is 0.318. The van der Waals surface area contributed by atoms with Gasteiger partial charge in [-0.2, -0.15) is 0 Å². The average molecular weight is 411 g/mol. The standard InChI is InChI=1S/C22H26N4O2S/c1-5-25(18-11-13-19(28-4)14-12-18)20(27)15-29-22-24-23-21(26(22)16(2)3)17-9-7-6-8-10-17/h6-14,16H,5,15H2,1-4H3. The van der Waals surface area contributed by atoms with Crippen molar-refractivity contribution in [1.82, 2.24) is 14.8 Å². The molecule has 0 N–H and O–H groups in total. The number of aromatic nitrogens is 3. The Kier molecular flexibility index (Phi) is 6.93. The van der Waals surface area contributed by atoms with Crippen molar-refractivity contribution >= 4 is 23.4 Å². The molecule has 0 aliphatic carbocycles. The third-order valence-corrected chi connectivity index (χ3v) is 5.47. The Morgan fingerprint density at radius 1 is 1.10 bits per heavy atom. The molecule has 0 atom stereocenters. The summed E-state index contributed by atoms with van der Waals surface area (Å²) in [6.45, 7) is 6.75. The van der Waals surface area contributed by atoms with Crippen LogP contribution in [0.5, 0.6) is 5.75 Å². The van der Waals surface area contributed by atoms with Crippen LogP contribution in [0.3, 0.4) is 0 Å². The number of carbonyl (C=O) groups excluding carboxylic acids is 1. The van der Waals surface area contributed by atoms with Gasteiger partial charge in [0.2, 0.25) is 5.91 Å². The van der Waals surface area contributed by atoms with E-state index in [-0.39, 0.29) is 11.9 Å². The summed E-state index contributed by atoms with van der Waals surface area (Å²) in [5, 5.41) is 9.48. The maximum Gasteiger partial charge on any atom is 0.237 e. The van der Waals surface area contributed by atoms with E-state index in [2.05, 4.69) is 28.6 Å². The number of hydrogen-bond donors (Lipinski definition) is 0. The predicted octanol–water partition coefficient (Wildman–Crippen LogP) is 4.68. The van der Waals surface area contributed by atoms with Gasteiger partial charge in [0.25, 0.3) is 0 Å². The number of hydrogen-bond acceptors (Lipinski definition) is 5. The van der Waals surface area contributed by atoms with Crippen LogP contribution in [-0.2, 0) is 4.79 Å². The summed E-state index contributed by atoms with van der Waals surface area (Å²) in [6.07, 6.45) is 0. The number of amides is 1. The molecular weight excluding hydrogens is 384 g/mol. The molecule has 2 aromatic carbocycles. The number of thioether (sulfide) groups is 1. The van der Waals surface area contributed by atoms with E-state index in [1.165, 1.54) is 11.8 Å². The fourth-order valence-corrected chi connectivity index (χ4v) is 4.04. The van der Waals surface area contributed by atoms with Gasteiger partial charge in [-0.05, 0) is 45.0 Å². The number of rotatable bonds is 8. The highest BCUT2D eigenvalue weighted by molar-refractivity contribution is 7.99. The Labute approximate surface area is 175 Å². The van der Waals surface area contributed by atoms with Crippen LogP contribution in [0.4, 0.5) is 5.69 Å². The van der Waals surface area contributed by atoms with Gasteiger partial charge < -0.3 is 9.64 Å². The molecule has 1 amide bonds. The van der Waals surface area contributed by atoms with Gasteiger partial charge in [-0.15, -0.1) is 10.2 Å². The van der Waals surface area contributed by atoms with Crippen LogP contribution in [0, 0.1) is 0 Å². The number of ether oxygens (including phenoxy) is 1. The molecule has 0 fully saturated rings. The van der Waals surface area contributed by atoms with Crippen molar-refractivity contribution in [1.29, 1.82) is 0 Å². The van der Waals surface area contributed by atoms with Crippen molar-refractivity contribution in [3.05, 3.63) is 54.6 Å². The molecule has 152 valence electrons. The second-order valence-electron chi connectivity index (χ2n) is 6.76. The summed E-state index contributed by atoms with van der Waals surface area (Å²) >= 11 is 1.42.